The lowest BCUT2D eigenvalue weighted by atomic mass is 10.2. The molecule has 0 aliphatic carbocycles. The molecule has 10 heteroatoms. The van der Waals surface area contributed by atoms with Crippen LogP contribution in [0.4, 0.5) is 18.3 Å². The molecule has 1 heterocycles. The summed E-state index contributed by atoms with van der Waals surface area (Å²) < 4.78 is 49.1. The van der Waals surface area contributed by atoms with E-state index in [4.69, 9.17) is 4.74 Å². The molecule has 28 heavy (non-hydrogen) atoms. The molecule has 0 aliphatic heterocycles. The Morgan fingerprint density at radius 1 is 1.18 bits per heavy atom. The fourth-order valence-corrected chi connectivity index (χ4v) is 2.94. The van der Waals surface area contributed by atoms with Crippen molar-refractivity contribution in [1.29, 1.82) is 0 Å². The highest BCUT2D eigenvalue weighted by molar-refractivity contribution is 7.17. The zero-order valence-electron chi connectivity index (χ0n) is 15.0. The van der Waals surface area contributed by atoms with Crippen LogP contribution >= 0.6 is 11.3 Å². The van der Waals surface area contributed by atoms with Gasteiger partial charge in [0.05, 0.1) is 13.2 Å². The number of aromatic nitrogens is 1. The fraction of sp³-hybridized carbons (Fsp3) is 0.278. The SMILES string of the molecule is CCOC(=O)c1sc(NC(=O)/C=C/c2ccc(OCC)cc2)nc1C(F)(F)F. The summed E-state index contributed by atoms with van der Waals surface area (Å²) in [5, 5.41) is 1.87. The molecule has 0 saturated heterocycles. The molecule has 1 amide bonds. The van der Waals surface area contributed by atoms with Gasteiger partial charge in [-0.05, 0) is 37.6 Å². The number of esters is 1. The number of ether oxygens (including phenoxy) is 2. The second-order valence-electron chi connectivity index (χ2n) is 5.24. The van der Waals surface area contributed by atoms with Gasteiger partial charge in [0.2, 0.25) is 5.91 Å². The van der Waals surface area contributed by atoms with Crippen LogP contribution in [-0.2, 0) is 15.7 Å². The molecule has 0 unspecified atom stereocenters. The van der Waals surface area contributed by atoms with Crippen LogP contribution in [0.15, 0.2) is 30.3 Å². The van der Waals surface area contributed by atoms with Gasteiger partial charge in [-0.3, -0.25) is 10.1 Å². The number of hydrogen-bond acceptors (Lipinski definition) is 6. The first-order valence-corrected chi connectivity index (χ1v) is 9.03. The van der Waals surface area contributed by atoms with E-state index in [2.05, 4.69) is 15.0 Å². The van der Waals surface area contributed by atoms with Crippen LogP contribution in [0, 0.1) is 0 Å². The maximum atomic E-state index is 13.1. The molecule has 2 aromatic rings. The lowest BCUT2D eigenvalue weighted by Crippen LogP contribution is -2.14. The van der Waals surface area contributed by atoms with Crippen LogP contribution in [-0.4, -0.2) is 30.1 Å². The van der Waals surface area contributed by atoms with Crippen LogP contribution in [0.1, 0.15) is 34.8 Å². The van der Waals surface area contributed by atoms with Gasteiger partial charge >= 0.3 is 12.1 Å². The molecule has 1 N–H and O–H groups in total. The third kappa shape index (κ3) is 5.81. The Labute approximate surface area is 163 Å². The monoisotopic (exact) mass is 414 g/mol. The van der Waals surface area contributed by atoms with E-state index in [-0.39, 0.29) is 11.7 Å². The van der Waals surface area contributed by atoms with Gasteiger partial charge in [-0.25, -0.2) is 9.78 Å². The number of benzene rings is 1. The van der Waals surface area contributed by atoms with E-state index in [1.165, 1.54) is 13.0 Å². The van der Waals surface area contributed by atoms with Gasteiger partial charge < -0.3 is 9.47 Å². The molecular weight excluding hydrogens is 397 g/mol. The molecule has 0 atom stereocenters. The van der Waals surface area contributed by atoms with Crippen LogP contribution in [0.3, 0.4) is 0 Å². The van der Waals surface area contributed by atoms with Crippen molar-refractivity contribution in [3.05, 3.63) is 46.5 Å². The van der Waals surface area contributed by atoms with E-state index in [1.54, 1.807) is 24.3 Å². The van der Waals surface area contributed by atoms with Crippen molar-refractivity contribution in [3.8, 4) is 5.75 Å². The first-order valence-electron chi connectivity index (χ1n) is 8.21. The van der Waals surface area contributed by atoms with Crippen molar-refractivity contribution in [3.63, 3.8) is 0 Å². The fourth-order valence-electron chi connectivity index (χ4n) is 2.06. The highest BCUT2D eigenvalue weighted by atomic mass is 32.1. The minimum Gasteiger partial charge on any atom is -0.494 e. The number of rotatable bonds is 7. The Bertz CT molecular complexity index is 861. The van der Waals surface area contributed by atoms with Gasteiger partial charge in [0.1, 0.15) is 10.6 Å². The molecule has 1 aromatic carbocycles. The van der Waals surface area contributed by atoms with E-state index in [9.17, 15) is 22.8 Å². The molecule has 0 bridgehead atoms. The summed E-state index contributed by atoms with van der Waals surface area (Å²) >= 11 is 0.404. The first-order chi connectivity index (χ1) is 13.2. The van der Waals surface area contributed by atoms with Crippen molar-refractivity contribution < 1.29 is 32.2 Å². The number of nitrogens with zero attached hydrogens (tertiary/aromatic N) is 1. The summed E-state index contributed by atoms with van der Waals surface area (Å²) in [5.74, 6) is -1.15. The number of halogens is 3. The second-order valence-corrected chi connectivity index (χ2v) is 6.24. The number of alkyl halides is 3. The minimum atomic E-state index is -4.85. The van der Waals surface area contributed by atoms with Crippen LogP contribution in [0.2, 0.25) is 0 Å². The van der Waals surface area contributed by atoms with Crippen molar-refractivity contribution in [2.45, 2.75) is 20.0 Å². The maximum absolute atomic E-state index is 13.1. The van der Waals surface area contributed by atoms with Gasteiger partial charge in [0.15, 0.2) is 10.8 Å². The average Bonchev–Trinajstić information content (AvgIpc) is 3.06. The number of anilines is 1. The molecular formula is C18H17F3N2O4S. The van der Waals surface area contributed by atoms with Crippen molar-refractivity contribution >= 4 is 34.4 Å². The second kappa shape index (κ2) is 9.36. The van der Waals surface area contributed by atoms with Gasteiger partial charge in [-0.15, -0.1) is 0 Å². The van der Waals surface area contributed by atoms with Crippen LogP contribution < -0.4 is 10.1 Å². The van der Waals surface area contributed by atoms with Crippen molar-refractivity contribution in [2.24, 2.45) is 0 Å². The molecule has 0 aliphatic rings. The zero-order valence-corrected chi connectivity index (χ0v) is 15.8. The zero-order chi connectivity index (χ0) is 20.7. The van der Waals surface area contributed by atoms with Crippen LogP contribution in [0.25, 0.3) is 6.08 Å². The molecule has 1 aromatic heterocycles. The third-order valence-electron chi connectivity index (χ3n) is 3.20. The molecule has 0 fully saturated rings. The predicted molar refractivity (Wildman–Crippen MR) is 98.3 cm³/mol. The van der Waals surface area contributed by atoms with Gasteiger partial charge in [0, 0.05) is 6.08 Å². The number of hydrogen-bond donors (Lipinski definition) is 1. The Morgan fingerprint density at radius 2 is 1.86 bits per heavy atom. The smallest absolute Gasteiger partial charge is 0.435 e. The third-order valence-corrected chi connectivity index (χ3v) is 4.16. The van der Waals surface area contributed by atoms with Crippen molar-refractivity contribution in [2.75, 3.05) is 18.5 Å². The Morgan fingerprint density at radius 3 is 2.43 bits per heavy atom. The number of amides is 1. The number of thiazole rings is 1. The Hall–Kier alpha value is -2.88. The van der Waals surface area contributed by atoms with E-state index in [0.717, 1.165) is 6.08 Å². The van der Waals surface area contributed by atoms with E-state index < -0.39 is 28.6 Å². The summed E-state index contributed by atoms with van der Waals surface area (Å²) in [6.45, 7) is 3.77. The quantitative estimate of drug-likeness (QED) is 0.537. The molecule has 150 valence electrons. The predicted octanol–water partition coefficient (Wildman–Crippen LogP) is 4.39. The number of carbonyl (C=O) groups is 2. The topological polar surface area (TPSA) is 77.5 Å². The van der Waals surface area contributed by atoms with Crippen LogP contribution in [0.5, 0.6) is 5.75 Å². The Balaban J connectivity index is 2.11. The molecule has 2 rings (SSSR count). The lowest BCUT2D eigenvalue weighted by molar-refractivity contribution is -0.141. The van der Waals surface area contributed by atoms with E-state index in [1.807, 2.05) is 6.92 Å². The first kappa shape index (κ1) is 21.4. The molecule has 0 saturated carbocycles. The maximum Gasteiger partial charge on any atom is 0.435 e. The Kier molecular flexibility index (Phi) is 7.16. The van der Waals surface area contributed by atoms with Crippen molar-refractivity contribution in [1.82, 2.24) is 4.98 Å². The van der Waals surface area contributed by atoms with Gasteiger partial charge in [0.25, 0.3) is 0 Å². The molecule has 0 radical (unpaired) electrons. The number of carbonyl (C=O) groups excluding carboxylic acids is 2. The molecule has 0 spiro atoms. The summed E-state index contributed by atoms with van der Waals surface area (Å²) in [6.07, 6.45) is -2.22. The highest BCUT2D eigenvalue weighted by Crippen LogP contribution is 2.36. The largest absolute Gasteiger partial charge is 0.494 e. The summed E-state index contributed by atoms with van der Waals surface area (Å²) in [4.78, 5) is 26.3. The summed E-state index contributed by atoms with van der Waals surface area (Å²) in [7, 11) is 0. The summed E-state index contributed by atoms with van der Waals surface area (Å²) in [5.41, 5.74) is -0.692. The van der Waals surface area contributed by atoms with Gasteiger partial charge in [-0.2, -0.15) is 13.2 Å². The average molecular weight is 414 g/mol. The van der Waals surface area contributed by atoms with E-state index >= 15 is 0 Å². The minimum absolute atomic E-state index is 0.0828. The summed E-state index contributed by atoms with van der Waals surface area (Å²) in [6, 6.07) is 6.89. The van der Waals surface area contributed by atoms with E-state index in [0.29, 0.717) is 29.3 Å². The molecule has 6 nitrogen and oxygen atoms in total. The normalized spacial score (nSPS) is 11.5. The number of nitrogens with one attached hydrogen (secondary N) is 1. The lowest BCUT2D eigenvalue weighted by Gasteiger charge is -2.04. The highest BCUT2D eigenvalue weighted by Gasteiger charge is 2.40. The van der Waals surface area contributed by atoms with Gasteiger partial charge in [-0.1, -0.05) is 23.5 Å². The standard InChI is InChI=1S/C18H17F3N2O4S/c1-3-26-12-8-5-11(6-9-12)7-10-13(24)22-17-23-15(18(19,20)21)14(28-17)16(25)27-4-2/h5-10H,3-4H2,1-2H3,(H,22,23,24)/b10-7+.